The molecule has 2 aromatic rings. The van der Waals surface area contributed by atoms with Crippen molar-refractivity contribution in [3.05, 3.63) is 47.0 Å². The minimum absolute atomic E-state index is 0.0977. The highest BCUT2D eigenvalue weighted by Gasteiger charge is 2.23. The maximum absolute atomic E-state index is 12.6. The van der Waals surface area contributed by atoms with Crippen LogP contribution in [0.5, 0.6) is 17.2 Å². The largest absolute Gasteiger partial charge is 0.490 e. The summed E-state index contributed by atoms with van der Waals surface area (Å²) >= 11 is 6.29. The van der Waals surface area contributed by atoms with Gasteiger partial charge in [0.15, 0.2) is 11.5 Å². The Bertz CT molecular complexity index is 949. The van der Waals surface area contributed by atoms with Crippen LogP contribution in [0.1, 0.15) is 24.8 Å². The van der Waals surface area contributed by atoms with Crippen LogP contribution < -0.4 is 24.4 Å². The topological polar surface area (TPSA) is 77.1 Å². The molecule has 4 rings (SSSR count). The number of anilines is 1. The van der Waals surface area contributed by atoms with Crippen LogP contribution in [0.4, 0.5) is 5.69 Å². The van der Waals surface area contributed by atoms with Crippen molar-refractivity contribution < 1.29 is 23.8 Å². The van der Waals surface area contributed by atoms with E-state index in [0.717, 1.165) is 17.7 Å². The molecule has 0 saturated heterocycles. The Kier molecular flexibility index (Phi) is 6.28. The van der Waals surface area contributed by atoms with Crippen LogP contribution >= 0.6 is 11.6 Å². The number of nitrogens with zero attached hydrogens (tertiary/aromatic N) is 1. The molecule has 2 aliphatic rings. The standard InChI is InChI=1S/C22H23ClN2O5/c23-16-12-15(13-19-22(16)30-10-3-9-28-19)14-24-20(26)6-7-21(27)25-8-11-29-18-5-2-1-4-17(18)25/h1-2,4-5,12-13H,3,6-11,14H2,(H,24,26). The predicted molar refractivity (Wildman–Crippen MR) is 112 cm³/mol. The Morgan fingerprint density at radius 2 is 1.80 bits per heavy atom. The highest BCUT2D eigenvalue weighted by Crippen LogP contribution is 2.38. The maximum Gasteiger partial charge on any atom is 0.227 e. The van der Waals surface area contributed by atoms with Gasteiger partial charge in [0.2, 0.25) is 11.8 Å². The van der Waals surface area contributed by atoms with Crippen LogP contribution in [0.15, 0.2) is 36.4 Å². The van der Waals surface area contributed by atoms with Gasteiger partial charge in [0.05, 0.1) is 30.5 Å². The lowest BCUT2D eigenvalue weighted by Gasteiger charge is -2.29. The van der Waals surface area contributed by atoms with Gasteiger partial charge in [0, 0.05) is 25.8 Å². The minimum atomic E-state index is -0.201. The number of para-hydroxylation sites is 2. The molecule has 1 N–H and O–H groups in total. The van der Waals surface area contributed by atoms with Crippen LogP contribution in [-0.2, 0) is 16.1 Å². The first kappa shape index (κ1) is 20.3. The molecular formula is C22H23ClN2O5. The van der Waals surface area contributed by atoms with Gasteiger partial charge in [0.1, 0.15) is 12.4 Å². The van der Waals surface area contributed by atoms with E-state index in [2.05, 4.69) is 5.32 Å². The van der Waals surface area contributed by atoms with E-state index in [0.29, 0.717) is 55.2 Å². The zero-order chi connectivity index (χ0) is 20.9. The number of amides is 2. The molecule has 7 nitrogen and oxygen atoms in total. The van der Waals surface area contributed by atoms with E-state index in [9.17, 15) is 9.59 Å². The molecule has 0 spiro atoms. The quantitative estimate of drug-likeness (QED) is 0.787. The highest BCUT2D eigenvalue weighted by atomic mass is 35.5. The van der Waals surface area contributed by atoms with Crippen molar-refractivity contribution in [3.8, 4) is 17.2 Å². The molecule has 0 atom stereocenters. The first-order valence-electron chi connectivity index (χ1n) is 9.99. The van der Waals surface area contributed by atoms with Gasteiger partial charge < -0.3 is 24.4 Å². The van der Waals surface area contributed by atoms with Gasteiger partial charge in [-0.3, -0.25) is 9.59 Å². The fourth-order valence-corrected chi connectivity index (χ4v) is 3.75. The maximum atomic E-state index is 12.6. The first-order chi connectivity index (χ1) is 14.6. The Balaban J connectivity index is 1.30. The number of fused-ring (bicyclic) bond motifs is 2. The zero-order valence-corrected chi connectivity index (χ0v) is 17.2. The first-order valence-corrected chi connectivity index (χ1v) is 10.4. The van der Waals surface area contributed by atoms with E-state index >= 15 is 0 Å². The van der Waals surface area contributed by atoms with Crippen molar-refractivity contribution in [3.63, 3.8) is 0 Å². The van der Waals surface area contributed by atoms with E-state index in [4.69, 9.17) is 25.8 Å². The van der Waals surface area contributed by atoms with Gasteiger partial charge >= 0.3 is 0 Å². The summed E-state index contributed by atoms with van der Waals surface area (Å²) in [5.41, 5.74) is 1.56. The van der Waals surface area contributed by atoms with E-state index in [1.165, 1.54) is 0 Å². The smallest absolute Gasteiger partial charge is 0.227 e. The summed E-state index contributed by atoms with van der Waals surface area (Å²) in [6.07, 6.45) is 1.03. The Morgan fingerprint density at radius 3 is 2.70 bits per heavy atom. The number of nitrogens with one attached hydrogen (secondary N) is 1. The Morgan fingerprint density at radius 1 is 1.00 bits per heavy atom. The van der Waals surface area contributed by atoms with Crippen molar-refractivity contribution in [2.75, 3.05) is 31.3 Å². The van der Waals surface area contributed by atoms with Gasteiger partial charge in [-0.05, 0) is 29.8 Å². The van der Waals surface area contributed by atoms with Crippen molar-refractivity contribution >= 4 is 29.1 Å². The SMILES string of the molecule is O=C(CCC(=O)N1CCOc2ccccc21)NCc1cc(Cl)c2c(c1)OCCCO2. The van der Waals surface area contributed by atoms with Gasteiger partial charge in [-0.25, -0.2) is 0 Å². The number of rotatable bonds is 5. The third kappa shape index (κ3) is 4.62. The van der Waals surface area contributed by atoms with E-state index in [-0.39, 0.29) is 24.7 Å². The molecule has 0 saturated carbocycles. The summed E-state index contributed by atoms with van der Waals surface area (Å²) in [5.74, 6) is 1.52. The lowest BCUT2D eigenvalue weighted by Crippen LogP contribution is -2.38. The lowest BCUT2D eigenvalue weighted by molar-refractivity contribution is -0.125. The third-order valence-corrected chi connectivity index (χ3v) is 5.23. The molecule has 0 unspecified atom stereocenters. The molecule has 0 aliphatic carbocycles. The van der Waals surface area contributed by atoms with Crippen molar-refractivity contribution in [2.45, 2.75) is 25.8 Å². The summed E-state index contributed by atoms with van der Waals surface area (Å²) in [7, 11) is 0. The summed E-state index contributed by atoms with van der Waals surface area (Å²) in [4.78, 5) is 26.6. The van der Waals surface area contributed by atoms with Gasteiger partial charge in [-0.1, -0.05) is 23.7 Å². The fraction of sp³-hybridized carbons (Fsp3) is 0.364. The molecule has 0 radical (unpaired) electrons. The number of hydrogen-bond acceptors (Lipinski definition) is 5. The molecule has 158 valence electrons. The highest BCUT2D eigenvalue weighted by molar-refractivity contribution is 6.32. The summed E-state index contributed by atoms with van der Waals surface area (Å²) in [6.45, 7) is 2.34. The summed E-state index contributed by atoms with van der Waals surface area (Å²) < 4.78 is 16.9. The Hall–Kier alpha value is -2.93. The van der Waals surface area contributed by atoms with Crippen molar-refractivity contribution in [1.82, 2.24) is 5.32 Å². The average molecular weight is 431 g/mol. The number of carbonyl (C=O) groups excluding carboxylic acids is 2. The van der Waals surface area contributed by atoms with Crippen LogP contribution in [0, 0.1) is 0 Å². The van der Waals surface area contributed by atoms with Gasteiger partial charge in [-0.15, -0.1) is 0 Å². The normalized spacial score (nSPS) is 14.9. The van der Waals surface area contributed by atoms with Crippen LogP contribution in [0.3, 0.4) is 0 Å². The number of carbonyl (C=O) groups is 2. The molecule has 2 heterocycles. The number of hydrogen-bond donors (Lipinski definition) is 1. The third-order valence-electron chi connectivity index (χ3n) is 4.95. The van der Waals surface area contributed by atoms with Crippen molar-refractivity contribution in [2.24, 2.45) is 0 Å². The molecule has 0 fully saturated rings. The molecule has 2 aromatic carbocycles. The molecule has 2 amide bonds. The van der Waals surface area contributed by atoms with Gasteiger partial charge in [0.25, 0.3) is 0 Å². The number of benzene rings is 2. The monoisotopic (exact) mass is 430 g/mol. The van der Waals surface area contributed by atoms with Gasteiger partial charge in [-0.2, -0.15) is 0 Å². The fourth-order valence-electron chi connectivity index (χ4n) is 3.46. The second-order valence-corrected chi connectivity index (χ2v) is 7.50. The summed E-state index contributed by atoms with van der Waals surface area (Å²) in [5, 5.41) is 3.29. The summed E-state index contributed by atoms with van der Waals surface area (Å²) in [6, 6.07) is 11.0. The van der Waals surface area contributed by atoms with E-state index in [1.807, 2.05) is 30.3 Å². The van der Waals surface area contributed by atoms with Crippen LogP contribution in [0.25, 0.3) is 0 Å². The minimum Gasteiger partial charge on any atom is -0.490 e. The number of halogens is 1. The zero-order valence-electron chi connectivity index (χ0n) is 16.5. The molecule has 0 aromatic heterocycles. The van der Waals surface area contributed by atoms with E-state index in [1.54, 1.807) is 11.0 Å². The average Bonchev–Trinajstić information content (AvgIpc) is 3.01. The van der Waals surface area contributed by atoms with Crippen molar-refractivity contribution in [1.29, 1.82) is 0 Å². The predicted octanol–water partition coefficient (Wildman–Crippen LogP) is 3.32. The second-order valence-electron chi connectivity index (χ2n) is 7.09. The molecule has 8 heteroatoms. The second kappa shape index (κ2) is 9.26. The van der Waals surface area contributed by atoms with Crippen LogP contribution in [0.2, 0.25) is 5.02 Å². The van der Waals surface area contributed by atoms with Crippen LogP contribution in [-0.4, -0.2) is 38.2 Å². The molecule has 0 bridgehead atoms. The molecular weight excluding hydrogens is 408 g/mol. The number of ether oxygens (including phenoxy) is 3. The Labute approximate surface area is 179 Å². The van der Waals surface area contributed by atoms with E-state index < -0.39 is 0 Å². The lowest BCUT2D eigenvalue weighted by atomic mass is 10.1. The molecule has 30 heavy (non-hydrogen) atoms. The molecule has 2 aliphatic heterocycles.